The third kappa shape index (κ3) is 27.7. The number of rotatable bonds is 50. The second kappa shape index (κ2) is 51.6. The molecular weight excluding hydrogens is 1710 g/mol. The molecule has 4 fully saturated rings. The predicted octanol–water partition coefficient (Wildman–Crippen LogP) is 20.8. The summed E-state index contributed by atoms with van der Waals surface area (Å²) in [5.41, 5.74) is 9.54. The monoisotopic (exact) mass is 1840 g/mol. The average molecular weight is 1840 g/mol. The van der Waals surface area contributed by atoms with E-state index < -0.39 is 132 Å². The number of aliphatic hydroxyl groups excluding tert-OH is 1. The molecule has 708 valence electrons. The Bertz CT molecular complexity index is 5060. The number of benzene rings is 11. The Labute approximate surface area is 791 Å². The first-order valence-corrected chi connectivity index (χ1v) is 49.3. The molecule has 0 aliphatic carbocycles. The summed E-state index contributed by atoms with van der Waals surface area (Å²) in [6.45, 7) is 18.3. The van der Waals surface area contributed by atoms with E-state index in [0.29, 0.717) is 12.8 Å². The van der Waals surface area contributed by atoms with Gasteiger partial charge in [0.05, 0.1) is 85.9 Å². The van der Waals surface area contributed by atoms with Gasteiger partial charge in [-0.1, -0.05) is 381 Å². The molecule has 0 amide bonds. The fourth-order valence-corrected chi connectivity index (χ4v) is 23.5. The van der Waals surface area contributed by atoms with E-state index in [1.165, 1.54) is 0 Å². The molecule has 4 saturated heterocycles. The van der Waals surface area contributed by atoms with Crippen molar-refractivity contribution in [2.45, 2.75) is 267 Å². The predicted molar refractivity (Wildman–Crippen MR) is 511 cm³/mol. The third-order valence-corrected chi connectivity index (χ3v) is 31.0. The van der Waals surface area contributed by atoms with Crippen molar-refractivity contribution in [1.82, 2.24) is 0 Å². The van der Waals surface area contributed by atoms with Gasteiger partial charge in [0, 0.05) is 0 Å². The lowest BCUT2D eigenvalue weighted by Gasteiger charge is -2.53. The molecule has 0 radical (unpaired) electrons. The van der Waals surface area contributed by atoms with Crippen LogP contribution in [0.4, 0.5) is 0 Å². The van der Waals surface area contributed by atoms with Crippen molar-refractivity contribution >= 4 is 8.32 Å². The van der Waals surface area contributed by atoms with Gasteiger partial charge in [-0.2, -0.15) is 0 Å². The molecule has 134 heavy (non-hydrogen) atoms. The van der Waals surface area contributed by atoms with Gasteiger partial charge in [0.15, 0.2) is 44.0 Å². The van der Waals surface area contributed by atoms with Crippen molar-refractivity contribution in [3.8, 4) is 0 Å². The zero-order valence-corrected chi connectivity index (χ0v) is 78.5. The minimum atomic E-state index is -3.13. The van der Waals surface area contributed by atoms with Crippen LogP contribution in [0, 0.1) is 0 Å². The maximum absolute atomic E-state index is 13.9. The molecule has 4 heterocycles. The molecular formula is C112H130O21Si. The molecule has 4 aliphatic heterocycles. The van der Waals surface area contributed by atoms with E-state index in [9.17, 15) is 5.11 Å². The minimum Gasteiger partial charge on any atom is -0.389 e. The fraction of sp³-hybridized carbons (Fsp3) is 0.393. The zero-order valence-electron chi connectivity index (χ0n) is 77.5. The maximum Gasteiger partial charge on any atom is 0.203 e. The Morgan fingerprint density at radius 2 is 0.485 bits per heavy atom. The van der Waals surface area contributed by atoms with Crippen LogP contribution in [0.25, 0.3) is 0 Å². The van der Waals surface area contributed by atoms with Crippen LogP contribution in [-0.2, 0) is 167 Å². The van der Waals surface area contributed by atoms with E-state index in [2.05, 4.69) is 48.1 Å². The van der Waals surface area contributed by atoms with Gasteiger partial charge in [-0.3, -0.25) is 0 Å². The highest BCUT2D eigenvalue weighted by Gasteiger charge is 2.61. The lowest BCUT2D eigenvalue weighted by atomic mass is 9.97. The van der Waals surface area contributed by atoms with Gasteiger partial charge in [-0.05, 0) is 90.7 Å². The summed E-state index contributed by atoms with van der Waals surface area (Å²) < 4.78 is 150. The van der Waals surface area contributed by atoms with Crippen molar-refractivity contribution in [1.29, 1.82) is 0 Å². The number of aliphatic hydroxyl groups is 1. The largest absolute Gasteiger partial charge is 0.389 e. The van der Waals surface area contributed by atoms with Gasteiger partial charge in [0.1, 0.15) is 79.4 Å². The van der Waals surface area contributed by atoms with Crippen LogP contribution in [0.5, 0.6) is 0 Å². The quantitative estimate of drug-likeness (QED) is 0.0214. The summed E-state index contributed by atoms with van der Waals surface area (Å²) in [5, 5.41) is 13.9. The van der Waals surface area contributed by atoms with Crippen molar-refractivity contribution < 1.29 is 99.5 Å². The van der Waals surface area contributed by atoms with Gasteiger partial charge in [0.2, 0.25) is 8.32 Å². The molecule has 11 aromatic rings. The molecule has 0 saturated carbocycles. The van der Waals surface area contributed by atoms with Crippen LogP contribution >= 0.6 is 0 Å². The molecule has 21 nitrogen and oxygen atoms in total. The smallest absolute Gasteiger partial charge is 0.203 e. The van der Waals surface area contributed by atoms with E-state index in [0.717, 1.165) is 61.2 Å². The fourth-order valence-electron chi connectivity index (χ4n) is 18.1. The Kier molecular flexibility index (Phi) is 38.2. The van der Waals surface area contributed by atoms with Crippen LogP contribution in [-0.4, -0.2) is 150 Å². The minimum absolute atomic E-state index is 0.00517. The van der Waals surface area contributed by atoms with Gasteiger partial charge in [0.25, 0.3) is 0 Å². The molecule has 11 aromatic carbocycles. The summed E-state index contributed by atoms with van der Waals surface area (Å²) >= 11 is 0. The molecule has 20 atom stereocenters. The molecule has 4 aliphatic rings. The lowest BCUT2D eigenvalue weighted by molar-refractivity contribution is -0.433. The Balaban J connectivity index is 0.916. The highest BCUT2D eigenvalue weighted by molar-refractivity contribution is 6.77. The molecule has 1 N–H and O–H groups in total. The van der Waals surface area contributed by atoms with E-state index in [-0.39, 0.29) is 103 Å². The van der Waals surface area contributed by atoms with E-state index in [1.807, 2.05) is 340 Å². The summed E-state index contributed by atoms with van der Waals surface area (Å²) in [4.78, 5) is 0. The van der Waals surface area contributed by atoms with E-state index >= 15 is 0 Å². The Morgan fingerprint density at radius 1 is 0.254 bits per heavy atom. The first-order valence-electron chi connectivity index (χ1n) is 47.1. The second-order valence-electron chi connectivity index (χ2n) is 35.4. The number of hydrogen-bond acceptors (Lipinski definition) is 21. The van der Waals surface area contributed by atoms with Crippen molar-refractivity contribution in [3.63, 3.8) is 0 Å². The number of unbranched alkanes of at least 4 members (excludes halogenated alkanes) is 1. The first-order chi connectivity index (χ1) is 65.8. The number of hydrogen-bond donors (Lipinski definition) is 1. The SMILES string of the molecule is C=CCCCO[C@H]1O[C@H](CO[C@H]2O[C@H](OCc3ccccc3)[C@@H](OCc3ccccc3)[C@H](OCc3ccccc3)[C@@H]2OC2O[C@H](O[Si](C(C)C)(C(C)C)C(C)C)[C@@H](OCc3ccccc3)[C@H](OCc3ccccc3)[C@@H]2O[C@H]2O[C@H](OCc3ccccc3)[C@@H](OCc3ccccc3)[C@H](OCc3ccccc3)[C@@H]2O)[C@@H](OCc2ccccc2)[C@H](OCc2ccccc2)[C@@H]1OCc1ccccc1. The van der Waals surface area contributed by atoms with Gasteiger partial charge >= 0.3 is 0 Å². The van der Waals surface area contributed by atoms with Crippen LogP contribution in [0.3, 0.4) is 0 Å². The Hall–Kier alpha value is -9.46. The van der Waals surface area contributed by atoms with Crippen molar-refractivity contribution in [2.24, 2.45) is 0 Å². The molecule has 15 rings (SSSR count). The second-order valence-corrected chi connectivity index (χ2v) is 40.8. The standard InChI is InChI=1S/C112H130O21Si/c1-8-9-43-66-114-107-101(121-73-88-56-33-16-34-57-88)97(117-69-84-48-25-12-26-49-84)95(115-67-82-44-21-10-22-45-82)93(127-107)78-126-110-104(98(118-70-85-50-27-13-28-51-85)102(122-74-89-58-35-17-36-59-89)109(131-110)125-77-92-64-41-20-42-65-92)129-111-105(99(119-71-86-52-29-14-30-53-86)103(123-75-90-60-37-18-38-61-90)112(132-111)133-134(79(2)3,80(4)5)81(6)7)128-106-94(113)96(116-68-83-46-23-11-24-47-83)100(120-72-87-54-31-15-32-55-87)108(130-106)124-76-91-62-39-19-40-63-91/h8,10-42,44-65,79-81,93-113H,1,9,43,66-78H2,2-7H3/t93-,94+,95-,96-,97+,98+,99+,100+,101+,102+,103+,104+,105+,106+,107+,108+,109+,110+,111?,112-/m1/s1. The maximum atomic E-state index is 13.9. The lowest BCUT2D eigenvalue weighted by Crippen LogP contribution is -2.69. The van der Waals surface area contributed by atoms with Gasteiger partial charge < -0.3 is 99.5 Å². The number of allylic oxidation sites excluding steroid dienone is 1. The molecule has 0 bridgehead atoms. The zero-order chi connectivity index (χ0) is 92.5. The average Bonchev–Trinajstić information content (AvgIpc) is 0.750. The van der Waals surface area contributed by atoms with E-state index in [4.69, 9.17) is 94.4 Å². The van der Waals surface area contributed by atoms with Crippen LogP contribution < -0.4 is 0 Å². The van der Waals surface area contributed by atoms with Gasteiger partial charge in [-0.15, -0.1) is 6.58 Å². The molecule has 0 spiro atoms. The first kappa shape index (κ1) is 99.0. The summed E-state index contributed by atoms with van der Waals surface area (Å²) in [7, 11) is -3.13. The van der Waals surface area contributed by atoms with Crippen LogP contribution in [0.15, 0.2) is 346 Å². The molecule has 0 aromatic heterocycles. The highest BCUT2D eigenvalue weighted by Crippen LogP contribution is 2.47. The van der Waals surface area contributed by atoms with Crippen LogP contribution in [0.2, 0.25) is 16.6 Å². The Morgan fingerprint density at radius 3 is 0.799 bits per heavy atom. The van der Waals surface area contributed by atoms with Crippen LogP contribution in [0.1, 0.15) is 116 Å². The van der Waals surface area contributed by atoms with Gasteiger partial charge in [-0.25, -0.2) is 0 Å². The van der Waals surface area contributed by atoms with Crippen molar-refractivity contribution in [3.05, 3.63) is 408 Å². The molecule has 22 heteroatoms. The summed E-state index contributed by atoms with van der Waals surface area (Å²) in [6.07, 6.45) is -22.2. The molecule has 1 unspecified atom stereocenters. The summed E-state index contributed by atoms with van der Waals surface area (Å²) in [5.74, 6) is 0. The summed E-state index contributed by atoms with van der Waals surface area (Å²) in [6, 6.07) is 109. The highest BCUT2D eigenvalue weighted by atomic mass is 28.4. The normalized spacial score (nSPS) is 25.6. The number of ether oxygens (including phenoxy) is 19. The van der Waals surface area contributed by atoms with E-state index in [1.54, 1.807) is 0 Å². The van der Waals surface area contributed by atoms with Crippen molar-refractivity contribution in [2.75, 3.05) is 13.2 Å². The third-order valence-electron chi connectivity index (χ3n) is 24.9. The topological polar surface area (TPSA) is 205 Å².